The normalized spacial score (nSPS) is 11.8. The van der Waals surface area contributed by atoms with Gasteiger partial charge in [-0.1, -0.05) is 0 Å². The Bertz CT molecular complexity index is 62.1. The molecule has 0 saturated carbocycles. The molecule has 0 bridgehead atoms. The summed E-state index contributed by atoms with van der Waals surface area (Å²) in [6.45, 7) is 2.99. The van der Waals surface area contributed by atoms with Crippen molar-refractivity contribution in [1.82, 2.24) is 0 Å². The first-order chi connectivity index (χ1) is 5.68. The highest BCUT2D eigenvalue weighted by atomic mass is 16.5. The molecule has 12 heavy (non-hydrogen) atoms. The van der Waals surface area contributed by atoms with Crippen molar-refractivity contribution in [2.24, 2.45) is 0 Å². The molecular weight excluding hydrogens is 160 g/mol. The van der Waals surface area contributed by atoms with Gasteiger partial charge < -0.3 is 19.7 Å². The molecule has 0 spiro atoms. The molecule has 4 heteroatoms. The largest absolute Gasteiger partial charge is 0.394 e. The lowest BCUT2D eigenvalue weighted by Gasteiger charge is -1.94. The van der Waals surface area contributed by atoms with Gasteiger partial charge in [0.05, 0.1) is 12.7 Å². The van der Waals surface area contributed by atoms with Crippen LogP contribution in [0.1, 0.15) is 13.3 Å². The van der Waals surface area contributed by atoms with E-state index in [4.69, 9.17) is 19.7 Å². The summed E-state index contributed by atoms with van der Waals surface area (Å²) in [5.74, 6) is 0. The SMILES string of the molecule is CC(O)CO.COCCCOC. The highest BCUT2D eigenvalue weighted by molar-refractivity contribution is 4.34. The Labute approximate surface area is 74.1 Å². The minimum Gasteiger partial charge on any atom is -0.394 e. The van der Waals surface area contributed by atoms with Crippen LogP contribution in [0.3, 0.4) is 0 Å². The van der Waals surface area contributed by atoms with E-state index < -0.39 is 6.10 Å². The van der Waals surface area contributed by atoms with Gasteiger partial charge >= 0.3 is 0 Å². The summed E-state index contributed by atoms with van der Waals surface area (Å²) in [7, 11) is 3.38. The average Bonchev–Trinajstić information content (AvgIpc) is 2.07. The third kappa shape index (κ3) is 22.5. The summed E-state index contributed by atoms with van der Waals surface area (Å²) in [6.07, 6.45) is 0.433. The van der Waals surface area contributed by atoms with Crippen LogP contribution in [0.25, 0.3) is 0 Å². The Kier molecular flexibility index (Phi) is 16.1. The minimum absolute atomic E-state index is 0.139. The maximum absolute atomic E-state index is 8.11. The van der Waals surface area contributed by atoms with Gasteiger partial charge in [0, 0.05) is 27.4 Å². The summed E-state index contributed by atoms with van der Waals surface area (Å²) in [6, 6.07) is 0. The molecule has 0 saturated heterocycles. The molecule has 4 nitrogen and oxygen atoms in total. The van der Waals surface area contributed by atoms with Gasteiger partial charge in [-0.05, 0) is 13.3 Å². The summed E-state index contributed by atoms with van der Waals surface area (Å²) in [4.78, 5) is 0. The van der Waals surface area contributed by atoms with Crippen molar-refractivity contribution >= 4 is 0 Å². The fourth-order valence-electron chi connectivity index (χ4n) is 0.348. The smallest absolute Gasteiger partial charge is 0.0742 e. The fourth-order valence-corrected chi connectivity index (χ4v) is 0.348. The van der Waals surface area contributed by atoms with E-state index in [-0.39, 0.29) is 6.61 Å². The summed E-state index contributed by atoms with van der Waals surface area (Å²) in [5.41, 5.74) is 0. The fraction of sp³-hybridized carbons (Fsp3) is 1.00. The molecule has 0 aromatic rings. The van der Waals surface area contributed by atoms with Gasteiger partial charge in [0.15, 0.2) is 0 Å². The molecule has 0 aromatic heterocycles. The molecule has 0 amide bonds. The molecule has 76 valence electrons. The summed E-state index contributed by atoms with van der Waals surface area (Å²) in [5, 5.41) is 16.0. The quantitative estimate of drug-likeness (QED) is 0.586. The van der Waals surface area contributed by atoms with Crippen molar-refractivity contribution in [3.05, 3.63) is 0 Å². The number of hydrogen-bond donors (Lipinski definition) is 2. The Morgan fingerprint density at radius 1 is 1.17 bits per heavy atom. The van der Waals surface area contributed by atoms with Gasteiger partial charge in [-0.2, -0.15) is 0 Å². The van der Waals surface area contributed by atoms with Gasteiger partial charge in [0.1, 0.15) is 0 Å². The van der Waals surface area contributed by atoms with Crippen LogP contribution < -0.4 is 0 Å². The second-order valence-corrected chi connectivity index (χ2v) is 2.37. The van der Waals surface area contributed by atoms with Crippen molar-refractivity contribution in [2.45, 2.75) is 19.4 Å². The predicted molar refractivity (Wildman–Crippen MR) is 47.1 cm³/mol. The molecule has 2 N–H and O–H groups in total. The monoisotopic (exact) mass is 180 g/mol. The molecule has 1 atom stereocenters. The minimum atomic E-state index is -0.560. The Hall–Kier alpha value is -0.160. The summed E-state index contributed by atoms with van der Waals surface area (Å²) >= 11 is 0. The number of ether oxygens (including phenoxy) is 2. The van der Waals surface area contributed by atoms with Crippen molar-refractivity contribution in [1.29, 1.82) is 0 Å². The number of methoxy groups -OCH3 is 2. The van der Waals surface area contributed by atoms with Crippen LogP contribution in [0, 0.1) is 0 Å². The third-order valence-corrected chi connectivity index (χ3v) is 0.961. The first-order valence-electron chi connectivity index (χ1n) is 3.95. The average molecular weight is 180 g/mol. The van der Waals surface area contributed by atoms with Gasteiger partial charge in [-0.15, -0.1) is 0 Å². The lowest BCUT2D eigenvalue weighted by Crippen LogP contribution is -2.03. The molecule has 0 radical (unpaired) electrons. The second kappa shape index (κ2) is 13.4. The van der Waals surface area contributed by atoms with E-state index in [2.05, 4.69) is 0 Å². The molecule has 0 aromatic carbocycles. The van der Waals surface area contributed by atoms with Crippen molar-refractivity contribution in [3.8, 4) is 0 Å². The third-order valence-electron chi connectivity index (χ3n) is 0.961. The highest BCUT2D eigenvalue weighted by Crippen LogP contribution is 1.78. The Balaban J connectivity index is 0. The standard InChI is InChI=1S/C5H12O2.C3H8O2/c1-6-4-3-5-7-2;1-3(5)2-4/h3-5H2,1-2H3;3-5H,2H2,1H3. The molecule has 0 heterocycles. The maximum Gasteiger partial charge on any atom is 0.0742 e. The molecule has 0 aliphatic rings. The zero-order valence-corrected chi connectivity index (χ0v) is 8.12. The van der Waals surface area contributed by atoms with E-state index in [0.717, 1.165) is 19.6 Å². The van der Waals surface area contributed by atoms with Crippen molar-refractivity contribution < 1.29 is 19.7 Å². The maximum atomic E-state index is 8.11. The van der Waals surface area contributed by atoms with E-state index >= 15 is 0 Å². The van der Waals surface area contributed by atoms with Gasteiger partial charge in [-0.25, -0.2) is 0 Å². The Morgan fingerprint density at radius 3 is 1.67 bits per heavy atom. The van der Waals surface area contributed by atoms with Crippen LogP contribution in [0.5, 0.6) is 0 Å². The molecular formula is C8H20O4. The lowest BCUT2D eigenvalue weighted by molar-refractivity contribution is 0.110. The van der Waals surface area contributed by atoms with Gasteiger partial charge in [-0.3, -0.25) is 0 Å². The van der Waals surface area contributed by atoms with Crippen LogP contribution in [0.15, 0.2) is 0 Å². The topological polar surface area (TPSA) is 58.9 Å². The lowest BCUT2D eigenvalue weighted by atomic mass is 10.5. The van der Waals surface area contributed by atoms with Crippen LogP contribution >= 0.6 is 0 Å². The molecule has 0 rings (SSSR count). The molecule has 0 fully saturated rings. The predicted octanol–water partition coefficient (Wildman–Crippen LogP) is 0.0288. The van der Waals surface area contributed by atoms with Crippen molar-refractivity contribution in [3.63, 3.8) is 0 Å². The van der Waals surface area contributed by atoms with E-state index in [1.165, 1.54) is 6.92 Å². The second-order valence-electron chi connectivity index (χ2n) is 2.37. The van der Waals surface area contributed by atoms with Crippen LogP contribution in [-0.2, 0) is 9.47 Å². The van der Waals surface area contributed by atoms with E-state index in [9.17, 15) is 0 Å². The Morgan fingerprint density at radius 2 is 1.50 bits per heavy atom. The van der Waals surface area contributed by atoms with Crippen LogP contribution in [0.2, 0.25) is 0 Å². The zero-order chi connectivity index (χ0) is 9.82. The van der Waals surface area contributed by atoms with Crippen LogP contribution in [0.4, 0.5) is 0 Å². The van der Waals surface area contributed by atoms with Crippen molar-refractivity contribution in [2.75, 3.05) is 34.0 Å². The summed E-state index contributed by atoms with van der Waals surface area (Å²) < 4.78 is 9.53. The number of aliphatic hydroxyl groups is 2. The number of aliphatic hydroxyl groups excluding tert-OH is 2. The first kappa shape index (κ1) is 14.4. The molecule has 0 aliphatic carbocycles. The number of rotatable bonds is 5. The van der Waals surface area contributed by atoms with E-state index in [0.29, 0.717) is 0 Å². The van der Waals surface area contributed by atoms with Gasteiger partial charge in [0.2, 0.25) is 0 Å². The van der Waals surface area contributed by atoms with Crippen LogP contribution in [-0.4, -0.2) is 50.4 Å². The van der Waals surface area contributed by atoms with E-state index in [1.54, 1.807) is 14.2 Å². The first-order valence-corrected chi connectivity index (χ1v) is 3.95. The zero-order valence-electron chi connectivity index (χ0n) is 8.12. The molecule has 1 unspecified atom stereocenters. The van der Waals surface area contributed by atoms with Gasteiger partial charge in [0.25, 0.3) is 0 Å². The number of hydrogen-bond acceptors (Lipinski definition) is 4. The highest BCUT2D eigenvalue weighted by Gasteiger charge is 1.83. The molecule has 0 aliphatic heterocycles. The van der Waals surface area contributed by atoms with E-state index in [1.807, 2.05) is 0 Å².